The summed E-state index contributed by atoms with van der Waals surface area (Å²) in [5.41, 5.74) is 2.29. The van der Waals surface area contributed by atoms with Crippen LogP contribution in [0.5, 0.6) is 11.5 Å². The molecule has 0 atom stereocenters. The van der Waals surface area contributed by atoms with Gasteiger partial charge in [-0.2, -0.15) is 4.98 Å². The van der Waals surface area contributed by atoms with Gasteiger partial charge in [-0.05, 0) is 42.5 Å². The molecule has 0 radical (unpaired) electrons. The summed E-state index contributed by atoms with van der Waals surface area (Å²) in [5.74, 6) is 1.81. The summed E-state index contributed by atoms with van der Waals surface area (Å²) in [6.07, 6.45) is 4.80. The van der Waals surface area contributed by atoms with Crippen LogP contribution in [-0.4, -0.2) is 36.0 Å². The number of anilines is 2. The fraction of sp³-hybridized carbons (Fsp3) is 0.100. The van der Waals surface area contributed by atoms with Crippen molar-refractivity contribution in [3.8, 4) is 17.2 Å². The van der Waals surface area contributed by atoms with E-state index in [0.29, 0.717) is 23.1 Å². The van der Waals surface area contributed by atoms with E-state index in [1.54, 1.807) is 30.5 Å². The van der Waals surface area contributed by atoms with Crippen molar-refractivity contribution in [2.24, 2.45) is 0 Å². The number of benzene rings is 2. The Balaban J connectivity index is 1.49. The summed E-state index contributed by atoms with van der Waals surface area (Å²) in [5, 5.41) is 4.04. The van der Waals surface area contributed by atoms with Crippen LogP contribution in [0.4, 0.5) is 11.6 Å². The molecule has 0 fully saturated rings. The highest BCUT2D eigenvalue weighted by atomic mass is 32.2. The van der Waals surface area contributed by atoms with Crippen molar-refractivity contribution in [3.63, 3.8) is 0 Å². The molecular formula is C20H16N4O4S. The summed E-state index contributed by atoms with van der Waals surface area (Å²) in [6, 6.07) is 14.1. The van der Waals surface area contributed by atoms with Crippen LogP contribution >= 0.6 is 0 Å². The van der Waals surface area contributed by atoms with Gasteiger partial charge in [0.15, 0.2) is 21.3 Å². The lowest BCUT2D eigenvalue weighted by Gasteiger charge is -2.08. The average Bonchev–Trinajstić information content (AvgIpc) is 3.33. The van der Waals surface area contributed by atoms with Gasteiger partial charge in [-0.25, -0.2) is 13.4 Å². The van der Waals surface area contributed by atoms with Crippen molar-refractivity contribution in [1.29, 1.82) is 0 Å². The van der Waals surface area contributed by atoms with Gasteiger partial charge < -0.3 is 19.4 Å². The first-order chi connectivity index (χ1) is 14.0. The predicted octanol–water partition coefficient (Wildman–Crippen LogP) is 3.30. The molecule has 9 heteroatoms. The third-order valence-electron chi connectivity index (χ3n) is 4.60. The SMILES string of the molecule is CS(=O)(=O)c1ccc(-n2ccc3cnc(Nc4ccc5c(c4)OCO5)nc32)cc1. The highest BCUT2D eigenvalue weighted by molar-refractivity contribution is 7.90. The van der Waals surface area contributed by atoms with Gasteiger partial charge in [-0.15, -0.1) is 0 Å². The number of fused-ring (bicyclic) bond motifs is 2. The lowest BCUT2D eigenvalue weighted by Crippen LogP contribution is -2.01. The zero-order valence-electron chi connectivity index (χ0n) is 15.4. The van der Waals surface area contributed by atoms with E-state index in [4.69, 9.17) is 9.47 Å². The Morgan fingerprint density at radius 3 is 2.62 bits per heavy atom. The maximum absolute atomic E-state index is 11.7. The molecule has 0 saturated heterocycles. The Morgan fingerprint density at radius 1 is 1.03 bits per heavy atom. The number of ether oxygens (including phenoxy) is 2. The molecule has 4 aromatic rings. The van der Waals surface area contributed by atoms with E-state index in [9.17, 15) is 8.42 Å². The average molecular weight is 408 g/mol. The monoisotopic (exact) mass is 408 g/mol. The molecule has 1 N–H and O–H groups in total. The van der Waals surface area contributed by atoms with Crippen molar-refractivity contribution in [1.82, 2.24) is 14.5 Å². The molecule has 5 rings (SSSR count). The quantitative estimate of drug-likeness (QED) is 0.553. The molecule has 3 heterocycles. The van der Waals surface area contributed by atoms with Crippen LogP contribution in [0.3, 0.4) is 0 Å². The smallest absolute Gasteiger partial charge is 0.231 e. The molecule has 8 nitrogen and oxygen atoms in total. The van der Waals surface area contributed by atoms with Crippen LogP contribution in [0.1, 0.15) is 0 Å². The largest absolute Gasteiger partial charge is 0.454 e. The minimum Gasteiger partial charge on any atom is -0.454 e. The van der Waals surface area contributed by atoms with Crippen LogP contribution in [0, 0.1) is 0 Å². The normalized spacial score (nSPS) is 13.0. The van der Waals surface area contributed by atoms with Crippen LogP contribution in [0.15, 0.2) is 65.8 Å². The highest BCUT2D eigenvalue weighted by Gasteiger charge is 2.14. The second kappa shape index (κ2) is 6.49. The Bertz CT molecular complexity index is 1330. The van der Waals surface area contributed by atoms with Gasteiger partial charge in [0.2, 0.25) is 12.7 Å². The summed E-state index contributed by atoms with van der Waals surface area (Å²) in [7, 11) is -3.24. The summed E-state index contributed by atoms with van der Waals surface area (Å²) in [4.78, 5) is 9.26. The number of rotatable bonds is 4. The lowest BCUT2D eigenvalue weighted by molar-refractivity contribution is 0.174. The Hall–Kier alpha value is -3.59. The molecule has 0 spiro atoms. The number of aromatic nitrogens is 3. The van der Waals surface area contributed by atoms with Gasteiger partial charge in [0.1, 0.15) is 5.65 Å². The number of nitrogens with one attached hydrogen (secondary N) is 1. The number of sulfone groups is 1. The van der Waals surface area contributed by atoms with Crippen molar-refractivity contribution < 1.29 is 17.9 Å². The highest BCUT2D eigenvalue weighted by Crippen LogP contribution is 2.35. The van der Waals surface area contributed by atoms with Crippen molar-refractivity contribution >= 4 is 32.5 Å². The summed E-state index contributed by atoms with van der Waals surface area (Å²) in [6.45, 7) is 0.215. The first-order valence-corrected chi connectivity index (χ1v) is 10.7. The maximum Gasteiger partial charge on any atom is 0.231 e. The standard InChI is InChI=1S/C20H16N4O4S/c1-29(25,26)16-5-3-15(4-6-16)24-9-8-13-11-21-20(23-19(13)24)22-14-2-7-17-18(10-14)28-12-27-17/h2-11H,12H2,1H3,(H,21,22,23). The molecule has 0 unspecified atom stereocenters. The molecule has 2 aromatic heterocycles. The molecule has 1 aliphatic rings. The van der Waals surface area contributed by atoms with E-state index >= 15 is 0 Å². The Labute approximate surface area is 166 Å². The van der Waals surface area contributed by atoms with E-state index in [0.717, 1.165) is 16.8 Å². The minimum atomic E-state index is -3.24. The fourth-order valence-corrected chi connectivity index (χ4v) is 3.77. The van der Waals surface area contributed by atoms with Crippen molar-refractivity contribution in [2.75, 3.05) is 18.4 Å². The van der Waals surface area contributed by atoms with Gasteiger partial charge in [-0.3, -0.25) is 0 Å². The second-order valence-corrected chi connectivity index (χ2v) is 8.63. The lowest BCUT2D eigenvalue weighted by atomic mass is 10.3. The van der Waals surface area contributed by atoms with E-state index in [1.165, 1.54) is 6.26 Å². The van der Waals surface area contributed by atoms with Crippen LogP contribution in [0.2, 0.25) is 0 Å². The van der Waals surface area contributed by atoms with Gasteiger partial charge in [0.25, 0.3) is 0 Å². The Morgan fingerprint density at radius 2 is 1.83 bits per heavy atom. The topological polar surface area (TPSA) is 95.3 Å². The van der Waals surface area contributed by atoms with E-state index < -0.39 is 9.84 Å². The second-order valence-electron chi connectivity index (χ2n) is 6.62. The van der Waals surface area contributed by atoms with Gasteiger partial charge in [0.05, 0.1) is 4.90 Å². The molecule has 2 aromatic carbocycles. The molecule has 1 aliphatic heterocycles. The zero-order valence-corrected chi connectivity index (χ0v) is 16.2. The summed E-state index contributed by atoms with van der Waals surface area (Å²) < 4.78 is 36.0. The summed E-state index contributed by atoms with van der Waals surface area (Å²) >= 11 is 0. The molecular weight excluding hydrogens is 392 g/mol. The minimum absolute atomic E-state index is 0.215. The van der Waals surface area contributed by atoms with Crippen LogP contribution in [-0.2, 0) is 9.84 Å². The fourth-order valence-electron chi connectivity index (χ4n) is 3.14. The van der Waals surface area contributed by atoms with E-state index in [-0.39, 0.29) is 11.7 Å². The predicted molar refractivity (Wildman–Crippen MR) is 108 cm³/mol. The van der Waals surface area contributed by atoms with E-state index in [1.807, 2.05) is 35.0 Å². The molecule has 146 valence electrons. The molecule has 0 amide bonds. The van der Waals surface area contributed by atoms with Gasteiger partial charge in [-0.1, -0.05) is 0 Å². The zero-order chi connectivity index (χ0) is 20.0. The van der Waals surface area contributed by atoms with Crippen LogP contribution in [0.25, 0.3) is 16.7 Å². The van der Waals surface area contributed by atoms with E-state index in [2.05, 4.69) is 15.3 Å². The first-order valence-electron chi connectivity index (χ1n) is 8.79. The Kier molecular flexibility index (Phi) is 3.92. The third-order valence-corrected chi connectivity index (χ3v) is 5.73. The number of hydrogen-bond acceptors (Lipinski definition) is 7. The molecule has 0 aliphatic carbocycles. The molecule has 0 saturated carbocycles. The molecule has 0 bridgehead atoms. The maximum atomic E-state index is 11.7. The van der Waals surface area contributed by atoms with Crippen molar-refractivity contribution in [2.45, 2.75) is 4.90 Å². The number of hydrogen-bond donors (Lipinski definition) is 1. The van der Waals surface area contributed by atoms with Gasteiger partial charge in [0, 0.05) is 41.5 Å². The number of nitrogens with zero attached hydrogens (tertiary/aromatic N) is 3. The third kappa shape index (κ3) is 3.25. The first kappa shape index (κ1) is 17.5. The van der Waals surface area contributed by atoms with Crippen molar-refractivity contribution in [3.05, 3.63) is 60.9 Å². The molecule has 29 heavy (non-hydrogen) atoms. The van der Waals surface area contributed by atoms with Gasteiger partial charge >= 0.3 is 0 Å². The van der Waals surface area contributed by atoms with Crippen LogP contribution < -0.4 is 14.8 Å².